The van der Waals surface area contributed by atoms with Crippen molar-refractivity contribution in [2.24, 2.45) is 0 Å². The molecule has 0 atom stereocenters. The van der Waals surface area contributed by atoms with E-state index in [1.165, 1.54) is 27.6 Å². The Morgan fingerprint density at radius 3 is 2.61 bits per heavy atom. The molecule has 28 heavy (non-hydrogen) atoms. The number of amides is 1. The van der Waals surface area contributed by atoms with Crippen LogP contribution in [0.25, 0.3) is 16.5 Å². The number of hydrogen-bond donors (Lipinski definition) is 1. The molecule has 0 saturated carbocycles. The number of nitrogens with one attached hydrogen (secondary N) is 1. The Hall–Kier alpha value is -2.81. The van der Waals surface area contributed by atoms with Gasteiger partial charge in [-0.1, -0.05) is 61.0 Å². The highest BCUT2D eigenvalue weighted by atomic mass is 16.2. The summed E-state index contributed by atoms with van der Waals surface area (Å²) in [6, 6.07) is 18.9. The molecule has 0 saturated heterocycles. The predicted octanol–water partition coefficient (Wildman–Crippen LogP) is 5.59. The minimum absolute atomic E-state index is 0.301. The lowest BCUT2D eigenvalue weighted by Crippen LogP contribution is -2.34. The molecule has 1 amide bonds. The quantitative estimate of drug-likeness (QED) is 0.540. The molecule has 1 aliphatic heterocycles. The lowest BCUT2D eigenvalue weighted by atomic mass is 9.99. The monoisotopic (exact) mass is 372 g/mol. The van der Waals surface area contributed by atoms with Crippen LogP contribution in [0.15, 0.2) is 66.9 Å². The highest BCUT2D eigenvalue weighted by Crippen LogP contribution is 2.23. The molecule has 1 aliphatic rings. The van der Waals surface area contributed by atoms with Crippen molar-refractivity contribution in [3.05, 3.63) is 78.0 Å². The molecule has 1 N–H and O–H groups in total. The topological polar surface area (TPSA) is 36.1 Å². The van der Waals surface area contributed by atoms with Crippen molar-refractivity contribution in [2.75, 3.05) is 13.1 Å². The number of carbonyl (C=O) groups excluding carboxylic acids is 1. The fourth-order valence-electron chi connectivity index (χ4n) is 4.08. The molecule has 2 heterocycles. The number of rotatable bonds is 7. The summed E-state index contributed by atoms with van der Waals surface area (Å²) in [6.45, 7) is 1.59. The van der Waals surface area contributed by atoms with Gasteiger partial charge in [0.05, 0.1) is 0 Å². The number of unbranched alkanes of at least 4 members (excludes halogenated alkanes) is 2. The number of hydrogen-bond acceptors (Lipinski definition) is 1. The molecule has 0 radical (unpaired) electrons. The zero-order valence-corrected chi connectivity index (χ0v) is 16.4. The minimum atomic E-state index is 0.301. The average Bonchev–Trinajstić information content (AvgIpc) is 3.17. The number of aryl methyl sites for hydroxylation is 1. The number of aromatic nitrogens is 1. The van der Waals surface area contributed by atoms with Gasteiger partial charge < -0.3 is 9.88 Å². The zero-order valence-electron chi connectivity index (χ0n) is 16.4. The Bertz CT molecular complexity index is 955. The van der Waals surface area contributed by atoms with Crippen LogP contribution in [0.5, 0.6) is 0 Å². The van der Waals surface area contributed by atoms with Crippen LogP contribution in [-0.2, 0) is 11.2 Å². The van der Waals surface area contributed by atoms with E-state index in [4.69, 9.17) is 0 Å². The highest BCUT2D eigenvalue weighted by Gasteiger charge is 2.17. The van der Waals surface area contributed by atoms with E-state index >= 15 is 0 Å². The van der Waals surface area contributed by atoms with Gasteiger partial charge in [0.25, 0.3) is 0 Å². The van der Waals surface area contributed by atoms with Crippen LogP contribution in [0.3, 0.4) is 0 Å². The van der Waals surface area contributed by atoms with Crippen molar-refractivity contribution in [1.29, 1.82) is 0 Å². The number of H-pyrrole nitrogens is 1. The number of nitrogens with zero attached hydrogens (tertiary/aromatic N) is 1. The van der Waals surface area contributed by atoms with Crippen molar-refractivity contribution in [3.63, 3.8) is 0 Å². The van der Waals surface area contributed by atoms with E-state index in [1.807, 2.05) is 11.0 Å². The third-order valence-electron chi connectivity index (χ3n) is 5.72. The largest absolute Gasteiger partial charge is 0.361 e. The van der Waals surface area contributed by atoms with E-state index in [9.17, 15) is 4.79 Å². The first-order valence-electron chi connectivity index (χ1n) is 10.4. The van der Waals surface area contributed by atoms with Gasteiger partial charge in [0, 0.05) is 36.6 Å². The van der Waals surface area contributed by atoms with Crippen molar-refractivity contribution < 1.29 is 4.79 Å². The van der Waals surface area contributed by atoms with Crippen molar-refractivity contribution in [2.45, 2.75) is 38.5 Å². The molecule has 0 aliphatic carbocycles. The van der Waals surface area contributed by atoms with Gasteiger partial charge in [-0.05, 0) is 48.4 Å². The molecular weight excluding hydrogens is 344 g/mol. The van der Waals surface area contributed by atoms with E-state index in [1.54, 1.807) is 0 Å². The first kappa shape index (κ1) is 18.5. The molecule has 1 aromatic heterocycles. The van der Waals surface area contributed by atoms with Crippen LogP contribution >= 0.6 is 0 Å². The number of para-hydroxylation sites is 1. The van der Waals surface area contributed by atoms with E-state index in [-0.39, 0.29) is 0 Å². The van der Waals surface area contributed by atoms with Gasteiger partial charge in [-0.3, -0.25) is 4.79 Å². The van der Waals surface area contributed by atoms with Gasteiger partial charge in [-0.15, -0.1) is 0 Å². The van der Waals surface area contributed by atoms with Crippen LogP contribution in [0.1, 0.15) is 43.2 Å². The van der Waals surface area contributed by atoms with Gasteiger partial charge in [0.2, 0.25) is 5.91 Å². The molecule has 144 valence electrons. The summed E-state index contributed by atoms with van der Waals surface area (Å²) in [6.07, 6.45) is 10.3. The molecule has 3 heteroatoms. The van der Waals surface area contributed by atoms with Gasteiger partial charge in [0.1, 0.15) is 0 Å². The second kappa shape index (κ2) is 8.92. The highest BCUT2D eigenvalue weighted by molar-refractivity contribution is 5.83. The lowest BCUT2D eigenvalue weighted by molar-refractivity contribution is -0.130. The van der Waals surface area contributed by atoms with E-state index in [2.05, 4.69) is 65.8 Å². The molecule has 4 rings (SSSR count). The third kappa shape index (κ3) is 4.36. The maximum absolute atomic E-state index is 12.5. The maximum atomic E-state index is 12.5. The van der Waals surface area contributed by atoms with Crippen LogP contribution in [0, 0.1) is 0 Å². The van der Waals surface area contributed by atoms with Gasteiger partial charge in [0.15, 0.2) is 0 Å². The van der Waals surface area contributed by atoms with Crippen LogP contribution in [0.2, 0.25) is 0 Å². The average molecular weight is 373 g/mol. The predicted molar refractivity (Wildman–Crippen MR) is 116 cm³/mol. The number of fused-ring (bicyclic) bond motifs is 1. The van der Waals surface area contributed by atoms with Crippen molar-refractivity contribution in [1.82, 2.24) is 9.88 Å². The second-order valence-corrected chi connectivity index (χ2v) is 7.61. The smallest absolute Gasteiger partial charge is 0.222 e. The van der Waals surface area contributed by atoms with Gasteiger partial charge in [-0.25, -0.2) is 0 Å². The summed E-state index contributed by atoms with van der Waals surface area (Å²) in [5.74, 6) is 0.301. The summed E-state index contributed by atoms with van der Waals surface area (Å²) in [5.41, 5.74) is 5.24. The molecule has 0 unspecified atom stereocenters. The van der Waals surface area contributed by atoms with E-state index < -0.39 is 0 Å². The molecule has 0 fully saturated rings. The Morgan fingerprint density at radius 1 is 0.964 bits per heavy atom. The molecule has 2 aromatic carbocycles. The van der Waals surface area contributed by atoms with E-state index in [0.29, 0.717) is 12.3 Å². The summed E-state index contributed by atoms with van der Waals surface area (Å²) in [5, 5.41) is 1.33. The Balaban J connectivity index is 1.19. The molecule has 3 aromatic rings. The standard InChI is InChI=1S/C25H28N2O/c28-25(27-17-15-21(16-18-27)20-9-3-1-4-10-20)14-6-2-5-11-22-19-26-24-13-8-7-12-23(22)24/h1,3-4,7-10,12-13,15,19,26H,2,5-6,11,14,16-18H2. The fraction of sp³-hybridized carbons (Fsp3) is 0.320. The SMILES string of the molecule is O=C(CCCCCc1c[nH]c2ccccc12)N1CC=C(c2ccccc2)CC1. The lowest BCUT2D eigenvalue weighted by Gasteiger charge is -2.26. The maximum Gasteiger partial charge on any atom is 0.222 e. The number of carbonyl (C=O) groups is 1. The van der Waals surface area contributed by atoms with Crippen LogP contribution < -0.4 is 0 Å². The number of benzene rings is 2. The molecule has 0 bridgehead atoms. The van der Waals surface area contributed by atoms with E-state index in [0.717, 1.165) is 45.2 Å². The normalized spacial score (nSPS) is 14.3. The zero-order chi connectivity index (χ0) is 19.2. The Labute approximate surface area is 167 Å². The summed E-state index contributed by atoms with van der Waals surface area (Å²) < 4.78 is 0. The first-order valence-corrected chi connectivity index (χ1v) is 10.4. The van der Waals surface area contributed by atoms with Crippen LogP contribution in [0.4, 0.5) is 0 Å². The van der Waals surface area contributed by atoms with Crippen molar-refractivity contribution in [3.8, 4) is 0 Å². The summed E-state index contributed by atoms with van der Waals surface area (Å²) >= 11 is 0. The fourth-order valence-corrected chi connectivity index (χ4v) is 4.08. The Kier molecular flexibility index (Phi) is 5.91. The molecule has 3 nitrogen and oxygen atoms in total. The van der Waals surface area contributed by atoms with Crippen molar-refractivity contribution >= 4 is 22.4 Å². The molecular formula is C25H28N2O. The second-order valence-electron chi connectivity index (χ2n) is 7.61. The number of aromatic amines is 1. The minimum Gasteiger partial charge on any atom is -0.361 e. The molecule has 0 spiro atoms. The third-order valence-corrected chi connectivity index (χ3v) is 5.72. The first-order chi connectivity index (χ1) is 13.8. The van der Waals surface area contributed by atoms with Gasteiger partial charge in [-0.2, -0.15) is 0 Å². The summed E-state index contributed by atoms with van der Waals surface area (Å²) in [4.78, 5) is 17.8. The Morgan fingerprint density at radius 2 is 1.79 bits per heavy atom. The summed E-state index contributed by atoms with van der Waals surface area (Å²) in [7, 11) is 0. The van der Waals surface area contributed by atoms with Gasteiger partial charge >= 0.3 is 0 Å². The van der Waals surface area contributed by atoms with Crippen LogP contribution in [-0.4, -0.2) is 28.9 Å².